The minimum Gasteiger partial charge on any atom is -0.494 e. The third kappa shape index (κ3) is 2.64. The number of hydrogen-bond donors (Lipinski definition) is 1. The van der Waals surface area contributed by atoms with Crippen LogP contribution in [0.1, 0.15) is 16.1 Å². The first-order valence-corrected chi connectivity index (χ1v) is 6.08. The summed E-state index contributed by atoms with van der Waals surface area (Å²) in [7, 11) is 1.47. The van der Waals surface area contributed by atoms with Crippen LogP contribution in [0, 0.1) is 0 Å². The molecule has 2 rings (SSSR count). The Balaban J connectivity index is 2.50. The van der Waals surface area contributed by atoms with Crippen LogP contribution in [0.2, 0.25) is 10.0 Å². The monoisotopic (exact) mass is 296 g/mol. The fourth-order valence-electron chi connectivity index (χ4n) is 1.58. The molecule has 1 aromatic carbocycles. The predicted octanol–water partition coefficient (Wildman–Crippen LogP) is 3.21. The smallest absolute Gasteiger partial charge is 0.215 e. The second kappa shape index (κ2) is 5.47. The topological polar surface area (TPSA) is 65.2 Å². The molecule has 4 nitrogen and oxygen atoms in total. The predicted molar refractivity (Wildman–Crippen MR) is 75.1 cm³/mol. The van der Waals surface area contributed by atoms with E-state index in [9.17, 15) is 4.79 Å². The summed E-state index contributed by atoms with van der Waals surface area (Å²) in [6, 6.07) is 6.25. The lowest BCUT2D eigenvalue weighted by Crippen LogP contribution is -2.07. The maximum Gasteiger partial charge on any atom is 0.215 e. The van der Waals surface area contributed by atoms with E-state index in [4.69, 9.17) is 33.7 Å². The van der Waals surface area contributed by atoms with Gasteiger partial charge in [-0.15, -0.1) is 0 Å². The average molecular weight is 297 g/mol. The lowest BCUT2D eigenvalue weighted by Gasteiger charge is -2.08. The summed E-state index contributed by atoms with van der Waals surface area (Å²) in [6.07, 6.45) is 1.51. The zero-order chi connectivity index (χ0) is 14.0. The Hall–Kier alpha value is -1.78. The molecule has 6 heteroatoms. The number of rotatable bonds is 3. The van der Waals surface area contributed by atoms with Crippen molar-refractivity contribution in [2.75, 3.05) is 12.8 Å². The van der Waals surface area contributed by atoms with Gasteiger partial charge in [0.2, 0.25) is 5.78 Å². The highest BCUT2D eigenvalue weighted by Crippen LogP contribution is 2.30. The van der Waals surface area contributed by atoms with Crippen LogP contribution in [0.25, 0.3) is 0 Å². The van der Waals surface area contributed by atoms with E-state index in [-0.39, 0.29) is 27.2 Å². The Morgan fingerprint density at radius 2 is 1.95 bits per heavy atom. The molecule has 98 valence electrons. The Morgan fingerprint density at radius 1 is 1.32 bits per heavy atom. The first-order chi connectivity index (χ1) is 9.04. The minimum atomic E-state index is -0.332. The molecule has 19 heavy (non-hydrogen) atoms. The molecule has 0 fully saturated rings. The fraction of sp³-hybridized carbons (Fsp3) is 0.0769. The zero-order valence-electron chi connectivity index (χ0n) is 9.98. The Bertz CT molecular complexity index is 621. The van der Waals surface area contributed by atoms with Gasteiger partial charge in [-0.25, -0.2) is 4.98 Å². The molecule has 0 amide bonds. The van der Waals surface area contributed by atoms with Gasteiger partial charge in [0.05, 0.1) is 22.8 Å². The molecule has 2 aromatic rings. The van der Waals surface area contributed by atoms with Gasteiger partial charge < -0.3 is 10.5 Å². The van der Waals surface area contributed by atoms with Gasteiger partial charge in [-0.2, -0.15) is 0 Å². The van der Waals surface area contributed by atoms with Gasteiger partial charge in [0.25, 0.3) is 0 Å². The number of ether oxygens (including phenoxy) is 1. The number of pyridine rings is 1. The van der Waals surface area contributed by atoms with Crippen LogP contribution in [0.4, 0.5) is 5.69 Å². The summed E-state index contributed by atoms with van der Waals surface area (Å²) in [6.45, 7) is 0. The van der Waals surface area contributed by atoms with Crippen molar-refractivity contribution >= 4 is 34.7 Å². The fourth-order valence-corrected chi connectivity index (χ4v) is 2.06. The van der Waals surface area contributed by atoms with Crippen LogP contribution in [0.3, 0.4) is 0 Å². The third-order valence-corrected chi connectivity index (χ3v) is 3.17. The van der Waals surface area contributed by atoms with Crippen LogP contribution in [-0.4, -0.2) is 17.9 Å². The van der Waals surface area contributed by atoms with Crippen molar-refractivity contribution in [3.8, 4) is 5.75 Å². The maximum absolute atomic E-state index is 12.3. The van der Waals surface area contributed by atoms with Crippen molar-refractivity contribution in [1.29, 1.82) is 0 Å². The van der Waals surface area contributed by atoms with Crippen molar-refractivity contribution in [3.05, 3.63) is 51.8 Å². The number of nitrogen functional groups attached to an aromatic ring is 1. The number of nitrogens with zero attached hydrogens (tertiary/aromatic N) is 1. The van der Waals surface area contributed by atoms with Crippen molar-refractivity contribution in [2.45, 2.75) is 0 Å². The molecule has 0 spiro atoms. The Morgan fingerprint density at radius 3 is 2.53 bits per heavy atom. The summed E-state index contributed by atoms with van der Waals surface area (Å²) in [4.78, 5) is 16.4. The van der Waals surface area contributed by atoms with Crippen LogP contribution in [0.15, 0.2) is 30.5 Å². The molecule has 1 heterocycles. The number of hydrogen-bond acceptors (Lipinski definition) is 4. The van der Waals surface area contributed by atoms with E-state index in [0.717, 1.165) is 0 Å². The van der Waals surface area contributed by atoms with E-state index >= 15 is 0 Å². The van der Waals surface area contributed by atoms with Gasteiger partial charge in [0.1, 0.15) is 5.75 Å². The highest BCUT2D eigenvalue weighted by atomic mass is 35.5. The first-order valence-electron chi connectivity index (χ1n) is 5.32. The highest BCUT2D eigenvalue weighted by Gasteiger charge is 2.18. The highest BCUT2D eigenvalue weighted by molar-refractivity contribution is 6.39. The molecule has 2 N–H and O–H groups in total. The molecule has 1 aromatic heterocycles. The van der Waals surface area contributed by atoms with Crippen LogP contribution in [-0.2, 0) is 0 Å². The van der Waals surface area contributed by atoms with Gasteiger partial charge in [-0.1, -0.05) is 23.2 Å². The summed E-state index contributed by atoms with van der Waals surface area (Å²) in [5.41, 5.74) is 6.38. The molecule has 0 saturated carbocycles. The molecule has 0 bridgehead atoms. The summed E-state index contributed by atoms with van der Waals surface area (Å²) in [5.74, 6) is 0.0535. The quantitative estimate of drug-likeness (QED) is 0.698. The van der Waals surface area contributed by atoms with E-state index < -0.39 is 0 Å². The van der Waals surface area contributed by atoms with Crippen molar-refractivity contribution in [1.82, 2.24) is 4.98 Å². The van der Waals surface area contributed by atoms with E-state index in [1.165, 1.54) is 25.4 Å². The summed E-state index contributed by atoms with van der Waals surface area (Å²) in [5, 5.41) is 0.455. The molecule has 0 aliphatic rings. The summed E-state index contributed by atoms with van der Waals surface area (Å²) >= 11 is 11.8. The van der Waals surface area contributed by atoms with Crippen molar-refractivity contribution in [2.24, 2.45) is 0 Å². The minimum absolute atomic E-state index is 0.196. The number of carbonyl (C=O) groups is 1. The normalized spacial score (nSPS) is 10.3. The van der Waals surface area contributed by atoms with Crippen molar-refractivity contribution in [3.63, 3.8) is 0 Å². The molecule has 0 unspecified atom stereocenters. The van der Waals surface area contributed by atoms with Crippen LogP contribution in [0.5, 0.6) is 5.75 Å². The van der Waals surface area contributed by atoms with Gasteiger partial charge in [-0.3, -0.25) is 4.79 Å². The Labute approximate surface area is 120 Å². The number of nitrogens with two attached hydrogens (primary N) is 1. The van der Waals surface area contributed by atoms with E-state index in [0.29, 0.717) is 11.3 Å². The van der Waals surface area contributed by atoms with E-state index in [2.05, 4.69) is 4.98 Å². The maximum atomic E-state index is 12.3. The number of carbonyl (C=O) groups excluding carboxylic acids is 1. The second-order valence-electron chi connectivity index (χ2n) is 3.74. The summed E-state index contributed by atoms with van der Waals surface area (Å²) < 4.78 is 5.10. The van der Waals surface area contributed by atoms with Gasteiger partial charge in [-0.05, 0) is 24.3 Å². The standard InChI is InChI=1S/C13H10Cl2N2O2/c1-19-10-3-2-4-17-12(10)13(18)7-5-8(14)11(16)9(15)6-7/h2-6H,16H2,1H3. The Kier molecular flexibility index (Phi) is 3.93. The van der Waals surface area contributed by atoms with Crippen LogP contribution < -0.4 is 10.5 Å². The van der Waals surface area contributed by atoms with Gasteiger partial charge >= 0.3 is 0 Å². The molecule has 0 aliphatic carbocycles. The van der Waals surface area contributed by atoms with Crippen LogP contribution >= 0.6 is 23.2 Å². The van der Waals surface area contributed by atoms with Gasteiger partial charge in [0.15, 0.2) is 5.69 Å². The molecular weight excluding hydrogens is 287 g/mol. The van der Waals surface area contributed by atoms with E-state index in [1.807, 2.05) is 0 Å². The first kappa shape index (κ1) is 13.6. The lowest BCUT2D eigenvalue weighted by atomic mass is 10.1. The number of methoxy groups -OCH3 is 1. The number of benzene rings is 1. The molecular formula is C13H10Cl2N2O2. The number of ketones is 1. The number of anilines is 1. The molecule has 0 aliphatic heterocycles. The zero-order valence-corrected chi connectivity index (χ0v) is 11.5. The number of halogens is 2. The molecule has 0 saturated heterocycles. The van der Waals surface area contributed by atoms with Crippen molar-refractivity contribution < 1.29 is 9.53 Å². The van der Waals surface area contributed by atoms with Gasteiger partial charge in [0, 0.05) is 11.8 Å². The van der Waals surface area contributed by atoms with E-state index in [1.54, 1.807) is 12.1 Å². The number of aromatic nitrogens is 1. The lowest BCUT2D eigenvalue weighted by molar-refractivity contribution is 0.103. The SMILES string of the molecule is COc1cccnc1C(=O)c1cc(Cl)c(N)c(Cl)c1. The molecule has 0 radical (unpaired) electrons. The third-order valence-electron chi connectivity index (χ3n) is 2.55. The average Bonchev–Trinajstić information content (AvgIpc) is 2.43. The second-order valence-corrected chi connectivity index (χ2v) is 4.55. The molecule has 0 atom stereocenters. The largest absolute Gasteiger partial charge is 0.494 e.